The van der Waals surface area contributed by atoms with Gasteiger partial charge in [-0.05, 0) is 24.3 Å². The highest BCUT2D eigenvalue weighted by atomic mass is 35.5. The predicted octanol–water partition coefficient (Wildman–Crippen LogP) is 5.01. The summed E-state index contributed by atoms with van der Waals surface area (Å²) in [6, 6.07) is 14.0. The molecule has 0 aliphatic carbocycles. The highest BCUT2D eigenvalue weighted by Crippen LogP contribution is 2.36. The van der Waals surface area contributed by atoms with Gasteiger partial charge in [0.2, 0.25) is 0 Å². The molecule has 0 bridgehead atoms. The van der Waals surface area contributed by atoms with E-state index >= 15 is 0 Å². The lowest BCUT2D eigenvalue weighted by atomic mass is 10.1. The van der Waals surface area contributed by atoms with Crippen LogP contribution in [0.15, 0.2) is 53.4 Å². The van der Waals surface area contributed by atoms with E-state index < -0.39 is 10.0 Å². The normalized spacial score (nSPS) is 14.9. The van der Waals surface area contributed by atoms with Crippen molar-refractivity contribution in [3.63, 3.8) is 0 Å². The molecule has 152 valence electrons. The molecule has 0 amide bonds. The average Bonchev–Trinajstić information content (AvgIpc) is 2.71. The minimum absolute atomic E-state index is 0.00800. The van der Waals surface area contributed by atoms with Gasteiger partial charge in [0.25, 0.3) is 10.0 Å². The monoisotopic (exact) mass is 469 g/mol. The molecule has 0 unspecified atom stereocenters. The van der Waals surface area contributed by atoms with Gasteiger partial charge in [0.05, 0.1) is 20.8 Å². The summed E-state index contributed by atoms with van der Waals surface area (Å²) in [4.78, 5) is 2.18. The Kier molecular flexibility index (Phi) is 5.82. The van der Waals surface area contributed by atoms with Crippen LogP contribution in [-0.4, -0.2) is 34.6 Å². The largest absolute Gasteiger partial charge is 0.368 e. The Bertz CT molecular complexity index is 1180. The van der Waals surface area contributed by atoms with Crippen LogP contribution in [0.5, 0.6) is 0 Å². The summed E-state index contributed by atoms with van der Waals surface area (Å²) in [5, 5.41) is 5.46. The molecule has 0 spiro atoms. The van der Waals surface area contributed by atoms with Gasteiger partial charge in [-0.3, -0.25) is 4.72 Å². The van der Waals surface area contributed by atoms with E-state index in [4.69, 9.17) is 34.8 Å². The molecule has 5 nitrogen and oxygen atoms in total. The van der Waals surface area contributed by atoms with Crippen LogP contribution in [0.4, 0.5) is 11.4 Å². The summed E-state index contributed by atoms with van der Waals surface area (Å²) >= 11 is 18.1. The van der Waals surface area contributed by atoms with Crippen LogP contribution >= 0.6 is 34.8 Å². The lowest BCUT2D eigenvalue weighted by Crippen LogP contribution is -2.43. The zero-order chi connectivity index (χ0) is 20.6. The second-order valence-corrected chi connectivity index (χ2v) is 9.59. The van der Waals surface area contributed by atoms with Crippen LogP contribution < -0.4 is 14.9 Å². The molecule has 0 radical (unpaired) electrons. The molecule has 0 aromatic heterocycles. The molecule has 1 fully saturated rings. The highest BCUT2D eigenvalue weighted by molar-refractivity contribution is 7.92. The van der Waals surface area contributed by atoms with Gasteiger partial charge in [-0.2, -0.15) is 0 Å². The topological polar surface area (TPSA) is 61.4 Å². The Morgan fingerprint density at radius 1 is 0.862 bits per heavy atom. The third-order valence-electron chi connectivity index (χ3n) is 4.87. The molecular formula is C20H18Cl3N3O2S. The van der Waals surface area contributed by atoms with E-state index in [0.717, 1.165) is 42.6 Å². The van der Waals surface area contributed by atoms with Gasteiger partial charge >= 0.3 is 0 Å². The fraction of sp³-hybridized carbons (Fsp3) is 0.200. The first-order valence-electron chi connectivity index (χ1n) is 9.01. The fourth-order valence-corrected chi connectivity index (χ4v) is 5.55. The van der Waals surface area contributed by atoms with Crippen molar-refractivity contribution in [2.24, 2.45) is 0 Å². The van der Waals surface area contributed by atoms with Crippen molar-refractivity contribution in [3.8, 4) is 0 Å². The Balaban J connectivity index is 1.76. The maximum Gasteiger partial charge on any atom is 0.263 e. The van der Waals surface area contributed by atoms with Crippen LogP contribution in [0, 0.1) is 0 Å². The Hall–Kier alpha value is -1.70. The molecule has 1 heterocycles. The van der Waals surface area contributed by atoms with Gasteiger partial charge in [0, 0.05) is 42.6 Å². The lowest BCUT2D eigenvalue weighted by molar-refractivity contribution is 0.590. The van der Waals surface area contributed by atoms with E-state index in [1.165, 1.54) is 12.1 Å². The molecule has 0 saturated carbocycles. The summed E-state index contributed by atoms with van der Waals surface area (Å²) in [6.45, 7) is 3.62. The molecule has 9 heteroatoms. The number of halogens is 3. The van der Waals surface area contributed by atoms with Crippen molar-refractivity contribution in [2.75, 3.05) is 35.8 Å². The Labute approximate surface area is 184 Å². The van der Waals surface area contributed by atoms with E-state index in [1.54, 1.807) is 6.07 Å². The van der Waals surface area contributed by atoms with Gasteiger partial charge in [-0.15, -0.1) is 0 Å². The zero-order valence-corrected chi connectivity index (χ0v) is 18.3. The number of benzene rings is 3. The average molecular weight is 471 g/mol. The number of nitrogens with zero attached hydrogens (tertiary/aromatic N) is 1. The van der Waals surface area contributed by atoms with Gasteiger partial charge in [-0.1, -0.05) is 59.1 Å². The molecule has 2 N–H and O–H groups in total. The predicted molar refractivity (Wildman–Crippen MR) is 121 cm³/mol. The second-order valence-electron chi connectivity index (χ2n) is 6.72. The van der Waals surface area contributed by atoms with Gasteiger partial charge in [0.15, 0.2) is 0 Å². The molecule has 1 saturated heterocycles. The molecule has 4 rings (SSSR count). The van der Waals surface area contributed by atoms with Crippen molar-refractivity contribution < 1.29 is 8.42 Å². The summed E-state index contributed by atoms with van der Waals surface area (Å²) < 4.78 is 28.7. The maximum absolute atomic E-state index is 13.0. The first-order valence-corrected chi connectivity index (χ1v) is 11.6. The quantitative estimate of drug-likeness (QED) is 0.526. The second kappa shape index (κ2) is 8.20. The molecule has 0 atom stereocenters. The summed E-state index contributed by atoms with van der Waals surface area (Å²) in [5.74, 6) is 0. The van der Waals surface area contributed by atoms with Gasteiger partial charge in [-0.25, -0.2) is 8.42 Å². The lowest BCUT2D eigenvalue weighted by Gasteiger charge is -2.30. The molecule has 3 aromatic rings. The standard InChI is InChI=1S/C20H18Cl3N3O2S/c21-15-11-17(23)20(12-16(15)22)29(27,28)25-18-5-6-19(26-9-7-24-8-10-26)14-4-2-1-3-13(14)18/h1-6,11-12,24-25H,7-10H2. The molecule has 3 aromatic carbocycles. The molecule has 29 heavy (non-hydrogen) atoms. The first kappa shape index (κ1) is 20.6. The van der Waals surface area contributed by atoms with Crippen molar-refractivity contribution in [1.82, 2.24) is 5.32 Å². The number of hydrogen-bond donors (Lipinski definition) is 2. The highest BCUT2D eigenvalue weighted by Gasteiger charge is 2.22. The van der Waals surface area contributed by atoms with Crippen molar-refractivity contribution in [2.45, 2.75) is 4.90 Å². The van der Waals surface area contributed by atoms with E-state index in [9.17, 15) is 8.42 Å². The third-order valence-corrected chi connectivity index (χ3v) is 7.42. The zero-order valence-electron chi connectivity index (χ0n) is 15.3. The Morgan fingerprint density at radius 3 is 2.24 bits per heavy atom. The SMILES string of the molecule is O=S(=O)(Nc1ccc(N2CCNCC2)c2ccccc12)c1cc(Cl)c(Cl)cc1Cl. The smallest absolute Gasteiger partial charge is 0.263 e. The number of rotatable bonds is 4. The minimum Gasteiger partial charge on any atom is -0.368 e. The summed E-state index contributed by atoms with van der Waals surface area (Å²) in [5.41, 5.74) is 1.55. The molecule has 1 aliphatic rings. The van der Waals surface area contributed by atoms with Crippen molar-refractivity contribution >= 4 is 67.0 Å². The molecule has 1 aliphatic heterocycles. The van der Waals surface area contributed by atoms with Crippen LogP contribution in [0.1, 0.15) is 0 Å². The minimum atomic E-state index is -3.96. The molecular weight excluding hydrogens is 453 g/mol. The van der Waals surface area contributed by atoms with E-state index in [0.29, 0.717) is 5.69 Å². The van der Waals surface area contributed by atoms with Gasteiger partial charge < -0.3 is 10.2 Å². The van der Waals surface area contributed by atoms with Crippen LogP contribution in [0.3, 0.4) is 0 Å². The van der Waals surface area contributed by atoms with Crippen molar-refractivity contribution in [1.29, 1.82) is 0 Å². The van der Waals surface area contributed by atoms with Gasteiger partial charge in [0.1, 0.15) is 4.90 Å². The summed E-state index contributed by atoms with van der Waals surface area (Å²) in [7, 11) is -3.96. The number of piperazine rings is 1. The fourth-order valence-electron chi connectivity index (χ4n) is 3.46. The number of nitrogens with one attached hydrogen (secondary N) is 2. The maximum atomic E-state index is 13.0. The van der Waals surface area contributed by atoms with Crippen LogP contribution in [0.25, 0.3) is 10.8 Å². The van der Waals surface area contributed by atoms with E-state index in [-0.39, 0.29) is 20.0 Å². The van der Waals surface area contributed by atoms with E-state index in [1.807, 2.05) is 30.3 Å². The van der Waals surface area contributed by atoms with Crippen LogP contribution in [0.2, 0.25) is 15.1 Å². The Morgan fingerprint density at radius 2 is 1.52 bits per heavy atom. The third kappa shape index (κ3) is 4.13. The van der Waals surface area contributed by atoms with E-state index in [2.05, 4.69) is 14.9 Å². The number of hydrogen-bond acceptors (Lipinski definition) is 4. The number of fused-ring (bicyclic) bond motifs is 1. The first-order chi connectivity index (χ1) is 13.9. The van der Waals surface area contributed by atoms with Crippen molar-refractivity contribution in [3.05, 3.63) is 63.6 Å². The number of anilines is 2. The summed E-state index contributed by atoms with van der Waals surface area (Å²) in [6.07, 6.45) is 0. The number of sulfonamides is 1. The van der Waals surface area contributed by atoms with Crippen LogP contribution in [-0.2, 0) is 10.0 Å².